The molecule has 3 aromatic rings. The lowest BCUT2D eigenvalue weighted by Gasteiger charge is -2.18. The number of sulfone groups is 1. The Morgan fingerprint density at radius 3 is 2.57 bits per heavy atom. The average molecular weight is 438 g/mol. The van der Waals surface area contributed by atoms with Gasteiger partial charge in [-0.3, -0.25) is 4.79 Å². The van der Waals surface area contributed by atoms with E-state index >= 15 is 0 Å². The van der Waals surface area contributed by atoms with E-state index in [0.717, 1.165) is 6.07 Å². The van der Waals surface area contributed by atoms with Crippen molar-refractivity contribution in [3.05, 3.63) is 86.8 Å². The summed E-state index contributed by atoms with van der Waals surface area (Å²) in [5.41, 5.74) is 0.509. The number of hydrogen-bond donors (Lipinski definition) is 1. The van der Waals surface area contributed by atoms with Crippen molar-refractivity contribution in [2.45, 2.75) is 17.1 Å². The molecule has 0 aliphatic carbocycles. The minimum absolute atomic E-state index is 0.0109. The number of amides is 1. The number of benzene rings is 2. The summed E-state index contributed by atoms with van der Waals surface area (Å²) in [6.45, 7) is 1.37. The maximum atomic E-state index is 13.6. The Bertz CT molecular complexity index is 1100. The lowest BCUT2D eigenvalue weighted by molar-refractivity contribution is 0.0954. The summed E-state index contributed by atoms with van der Waals surface area (Å²) in [5, 5.41) is 3.71. The maximum absolute atomic E-state index is 13.6. The number of halogens is 2. The van der Waals surface area contributed by atoms with Crippen molar-refractivity contribution in [3.8, 4) is 0 Å². The predicted octanol–water partition coefficient (Wildman–Crippen LogP) is 4.79. The van der Waals surface area contributed by atoms with E-state index in [0.29, 0.717) is 4.88 Å². The molecule has 0 saturated carbocycles. The van der Waals surface area contributed by atoms with Crippen molar-refractivity contribution >= 4 is 38.7 Å². The fourth-order valence-corrected chi connectivity index (χ4v) is 5.81. The van der Waals surface area contributed by atoms with Gasteiger partial charge in [0, 0.05) is 11.4 Å². The zero-order valence-electron chi connectivity index (χ0n) is 14.9. The second-order valence-corrected chi connectivity index (χ2v) is 9.67. The Morgan fingerprint density at radius 1 is 1.18 bits per heavy atom. The van der Waals surface area contributed by atoms with Gasteiger partial charge < -0.3 is 5.32 Å². The molecule has 0 unspecified atom stereocenters. The van der Waals surface area contributed by atoms with Crippen LogP contribution >= 0.6 is 22.9 Å². The molecule has 1 amide bonds. The largest absolute Gasteiger partial charge is 0.350 e. The molecule has 1 aromatic heterocycles. The van der Waals surface area contributed by atoms with E-state index in [1.165, 1.54) is 30.4 Å². The third kappa shape index (κ3) is 4.27. The van der Waals surface area contributed by atoms with Crippen LogP contribution in [0.3, 0.4) is 0 Å². The molecule has 8 heteroatoms. The van der Waals surface area contributed by atoms with E-state index in [1.54, 1.807) is 41.8 Å². The van der Waals surface area contributed by atoms with Gasteiger partial charge in [-0.25, -0.2) is 12.8 Å². The quantitative estimate of drug-likeness (QED) is 0.564. The van der Waals surface area contributed by atoms with Crippen LogP contribution in [0.15, 0.2) is 64.9 Å². The van der Waals surface area contributed by atoms with Crippen LogP contribution in [-0.4, -0.2) is 20.9 Å². The van der Waals surface area contributed by atoms with Crippen LogP contribution in [-0.2, 0) is 9.84 Å². The molecule has 1 N–H and O–H groups in total. The highest BCUT2D eigenvalue weighted by Gasteiger charge is 2.31. The number of carbonyl (C=O) groups excluding carboxylic acids is 1. The number of carbonyl (C=O) groups is 1. The van der Waals surface area contributed by atoms with Gasteiger partial charge in [0.2, 0.25) is 0 Å². The summed E-state index contributed by atoms with van der Waals surface area (Å²) in [5.74, 6) is -0.934. The SMILES string of the molecule is Cc1cc(S(=O)(=O)[C@H](CNC(=O)c2ccccc2Cl)c2cccs2)ccc1F. The summed E-state index contributed by atoms with van der Waals surface area (Å²) in [6, 6.07) is 13.7. The first-order chi connectivity index (χ1) is 13.3. The van der Waals surface area contributed by atoms with E-state index in [4.69, 9.17) is 11.6 Å². The Labute approximate surface area is 171 Å². The fourth-order valence-electron chi connectivity index (χ4n) is 2.72. The Balaban J connectivity index is 1.91. The molecule has 4 nitrogen and oxygen atoms in total. The monoisotopic (exact) mass is 437 g/mol. The summed E-state index contributed by atoms with van der Waals surface area (Å²) in [7, 11) is -3.86. The highest BCUT2D eigenvalue weighted by molar-refractivity contribution is 7.91. The minimum Gasteiger partial charge on any atom is -0.350 e. The molecule has 0 aliphatic rings. The van der Waals surface area contributed by atoms with E-state index in [1.807, 2.05) is 0 Å². The molecule has 1 heterocycles. The van der Waals surface area contributed by atoms with Crippen LogP contribution < -0.4 is 5.32 Å². The van der Waals surface area contributed by atoms with Gasteiger partial charge in [0.15, 0.2) is 9.84 Å². The van der Waals surface area contributed by atoms with Gasteiger partial charge in [0.25, 0.3) is 5.91 Å². The third-order valence-electron chi connectivity index (χ3n) is 4.26. The zero-order valence-corrected chi connectivity index (χ0v) is 17.2. The maximum Gasteiger partial charge on any atom is 0.252 e. The van der Waals surface area contributed by atoms with E-state index in [9.17, 15) is 17.6 Å². The van der Waals surface area contributed by atoms with Gasteiger partial charge in [-0.05, 0) is 54.3 Å². The van der Waals surface area contributed by atoms with Crippen molar-refractivity contribution in [1.82, 2.24) is 5.32 Å². The van der Waals surface area contributed by atoms with Crippen LogP contribution in [0, 0.1) is 12.7 Å². The predicted molar refractivity (Wildman–Crippen MR) is 109 cm³/mol. The zero-order chi connectivity index (χ0) is 20.3. The highest BCUT2D eigenvalue weighted by Crippen LogP contribution is 2.32. The van der Waals surface area contributed by atoms with Crippen molar-refractivity contribution in [1.29, 1.82) is 0 Å². The van der Waals surface area contributed by atoms with Crippen molar-refractivity contribution < 1.29 is 17.6 Å². The smallest absolute Gasteiger partial charge is 0.252 e. The first-order valence-corrected chi connectivity index (χ1v) is 11.2. The lowest BCUT2D eigenvalue weighted by Crippen LogP contribution is -2.31. The second kappa shape index (κ2) is 8.43. The number of aryl methyl sites for hydroxylation is 1. The second-order valence-electron chi connectivity index (χ2n) is 6.15. The normalized spacial score (nSPS) is 12.5. The van der Waals surface area contributed by atoms with Crippen LogP contribution in [0.5, 0.6) is 0 Å². The molecule has 146 valence electrons. The van der Waals surface area contributed by atoms with Crippen molar-refractivity contribution in [2.24, 2.45) is 0 Å². The van der Waals surface area contributed by atoms with Crippen LogP contribution in [0.1, 0.15) is 26.0 Å². The van der Waals surface area contributed by atoms with Crippen molar-refractivity contribution in [3.63, 3.8) is 0 Å². The Kier molecular flexibility index (Phi) is 6.17. The molecule has 0 aliphatic heterocycles. The third-order valence-corrected chi connectivity index (χ3v) is 7.81. The number of thiophene rings is 1. The van der Waals surface area contributed by atoms with Gasteiger partial charge in [-0.1, -0.05) is 29.8 Å². The standard InChI is InChI=1S/C20H17ClFNO3S2/c1-13-11-14(8-9-17(13)22)28(25,26)19(18-7-4-10-27-18)12-23-20(24)15-5-2-3-6-16(15)21/h2-11,19H,12H2,1H3,(H,23,24)/t19-/m1/s1. The topological polar surface area (TPSA) is 63.2 Å². The van der Waals surface area contributed by atoms with Gasteiger partial charge in [-0.2, -0.15) is 0 Å². The summed E-state index contributed by atoms with van der Waals surface area (Å²) < 4.78 is 40.0. The van der Waals surface area contributed by atoms with E-state index in [2.05, 4.69) is 5.32 Å². The molecule has 0 radical (unpaired) electrons. The Morgan fingerprint density at radius 2 is 1.93 bits per heavy atom. The Hall–Kier alpha value is -2.22. The molecular formula is C20H17ClFNO3S2. The highest BCUT2D eigenvalue weighted by atomic mass is 35.5. The van der Waals surface area contributed by atoms with Crippen LogP contribution in [0.2, 0.25) is 5.02 Å². The summed E-state index contributed by atoms with van der Waals surface area (Å²) in [4.78, 5) is 13.1. The van der Waals surface area contributed by atoms with E-state index in [-0.39, 0.29) is 27.6 Å². The van der Waals surface area contributed by atoms with Gasteiger partial charge in [0.1, 0.15) is 11.1 Å². The molecule has 28 heavy (non-hydrogen) atoms. The van der Waals surface area contributed by atoms with Crippen molar-refractivity contribution in [2.75, 3.05) is 6.54 Å². The molecule has 0 fully saturated rings. The molecule has 3 rings (SSSR count). The first kappa shape index (κ1) is 20.5. The summed E-state index contributed by atoms with van der Waals surface area (Å²) >= 11 is 7.32. The van der Waals surface area contributed by atoms with Crippen LogP contribution in [0.25, 0.3) is 0 Å². The van der Waals surface area contributed by atoms with Crippen LogP contribution in [0.4, 0.5) is 4.39 Å². The number of rotatable bonds is 6. The minimum atomic E-state index is -3.86. The number of hydrogen-bond acceptors (Lipinski definition) is 4. The van der Waals surface area contributed by atoms with E-state index < -0.39 is 26.8 Å². The average Bonchev–Trinajstić information content (AvgIpc) is 3.18. The number of nitrogens with one attached hydrogen (secondary N) is 1. The van der Waals surface area contributed by atoms with Gasteiger partial charge in [0.05, 0.1) is 15.5 Å². The lowest BCUT2D eigenvalue weighted by atomic mass is 10.2. The molecule has 0 saturated heterocycles. The molecule has 2 aromatic carbocycles. The molecule has 0 spiro atoms. The first-order valence-electron chi connectivity index (χ1n) is 8.37. The molecule has 1 atom stereocenters. The van der Waals surface area contributed by atoms with Gasteiger partial charge in [-0.15, -0.1) is 11.3 Å². The molecular weight excluding hydrogens is 421 g/mol. The molecule has 0 bridgehead atoms. The fraction of sp³-hybridized carbons (Fsp3) is 0.150. The van der Waals surface area contributed by atoms with Gasteiger partial charge >= 0.3 is 0 Å². The summed E-state index contributed by atoms with van der Waals surface area (Å²) in [6.07, 6.45) is 0.